The third kappa shape index (κ3) is 4.73. The van der Waals surface area contributed by atoms with Gasteiger partial charge in [-0.25, -0.2) is 4.98 Å². The van der Waals surface area contributed by atoms with E-state index >= 15 is 0 Å². The highest BCUT2D eigenvalue weighted by Crippen LogP contribution is 2.25. The molecule has 0 fully saturated rings. The van der Waals surface area contributed by atoms with Crippen molar-refractivity contribution in [1.29, 1.82) is 0 Å². The van der Waals surface area contributed by atoms with E-state index in [1.807, 2.05) is 42.5 Å². The quantitative estimate of drug-likeness (QED) is 0.532. The first-order valence-electron chi connectivity index (χ1n) is 9.86. The Kier molecular flexibility index (Phi) is 6.23. The van der Waals surface area contributed by atoms with Gasteiger partial charge in [0.15, 0.2) is 0 Å². The van der Waals surface area contributed by atoms with Gasteiger partial charge in [0.1, 0.15) is 0 Å². The monoisotopic (exact) mass is 360 g/mol. The number of nitrogens with zero attached hydrogens (tertiary/aromatic N) is 1. The van der Waals surface area contributed by atoms with Gasteiger partial charge in [0.25, 0.3) is 5.91 Å². The van der Waals surface area contributed by atoms with Gasteiger partial charge in [-0.3, -0.25) is 4.79 Å². The fraction of sp³-hybridized carbons (Fsp3) is 0.333. The largest absolute Gasteiger partial charge is 0.350 e. The fourth-order valence-corrected chi connectivity index (χ4v) is 3.39. The molecule has 1 N–H and O–H groups in total. The van der Waals surface area contributed by atoms with E-state index < -0.39 is 0 Å². The molecule has 1 heterocycles. The van der Waals surface area contributed by atoms with Crippen molar-refractivity contribution >= 4 is 16.8 Å². The van der Waals surface area contributed by atoms with E-state index in [9.17, 15) is 4.79 Å². The lowest BCUT2D eigenvalue weighted by Gasteiger charge is -2.15. The molecule has 0 radical (unpaired) electrons. The van der Waals surface area contributed by atoms with Crippen molar-refractivity contribution in [3.8, 4) is 11.3 Å². The smallest absolute Gasteiger partial charge is 0.252 e. The zero-order valence-corrected chi connectivity index (χ0v) is 16.5. The molecule has 1 amide bonds. The molecule has 1 atom stereocenters. The number of nitrogens with one attached hydrogen (secondary N) is 1. The molecular weight excluding hydrogens is 332 g/mol. The first kappa shape index (κ1) is 19.1. The van der Waals surface area contributed by atoms with Gasteiger partial charge in [0, 0.05) is 17.0 Å². The summed E-state index contributed by atoms with van der Waals surface area (Å²) in [7, 11) is 0. The first-order valence-corrected chi connectivity index (χ1v) is 9.86. The number of carbonyl (C=O) groups is 1. The minimum Gasteiger partial charge on any atom is -0.350 e. The zero-order chi connectivity index (χ0) is 19.2. The molecule has 1 aromatic heterocycles. The molecule has 3 nitrogen and oxygen atoms in total. The molecule has 0 spiro atoms. The number of hydrogen-bond acceptors (Lipinski definition) is 2. The molecule has 3 heteroatoms. The van der Waals surface area contributed by atoms with Gasteiger partial charge in [-0.05, 0) is 38.5 Å². The molecule has 27 heavy (non-hydrogen) atoms. The maximum absolute atomic E-state index is 13.0. The number of pyridine rings is 1. The second-order valence-corrected chi connectivity index (χ2v) is 7.31. The lowest BCUT2D eigenvalue weighted by molar-refractivity contribution is 0.0939. The van der Waals surface area contributed by atoms with Gasteiger partial charge in [-0.15, -0.1) is 0 Å². The van der Waals surface area contributed by atoms with Crippen LogP contribution >= 0.6 is 0 Å². The molecular formula is C24H28N2O. The summed E-state index contributed by atoms with van der Waals surface area (Å²) in [6, 6.07) is 18.2. The Balaban J connectivity index is 1.94. The van der Waals surface area contributed by atoms with Crippen LogP contribution < -0.4 is 5.32 Å². The summed E-state index contributed by atoms with van der Waals surface area (Å²) in [5.74, 6) is -0.0218. The predicted octanol–water partition coefficient (Wildman–Crippen LogP) is 5.91. The van der Waals surface area contributed by atoms with E-state index in [2.05, 4.69) is 38.2 Å². The van der Waals surface area contributed by atoms with Crippen LogP contribution in [0.5, 0.6) is 0 Å². The summed E-state index contributed by atoms with van der Waals surface area (Å²) in [6.45, 7) is 6.34. The maximum atomic E-state index is 13.0. The van der Waals surface area contributed by atoms with Gasteiger partial charge in [0.05, 0.1) is 16.8 Å². The van der Waals surface area contributed by atoms with Crippen molar-refractivity contribution in [3.05, 3.63) is 65.7 Å². The molecule has 0 aliphatic rings. The van der Waals surface area contributed by atoms with E-state index in [4.69, 9.17) is 4.98 Å². The van der Waals surface area contributed by atoms with Crippen LogP contribution in [0.4, 0.5) is 0 Å². The molecule has 3 aromatic rings. The number of rotatable bonds is 7. The van der Waals surface area contributed by atoms with Crippen LogP contribution in [0.15, 0.2) is 54.6 Å². The zero-order valence-electron chi connectivity index (χ0n) is 16.5. The number of benzene rings is 2. The van der Waals surface area contributed by atoms with Gasteiger partial charge in [-0.1, -0.05) is 68.1 Å². The molecule has 0 aliphatic heterocycles. The van der Waals surface area contributed by atoms with Gasteiger partial charge < -0.3 is 5.32 Å². The molecule has 140 valence electrons. The Morgan fingerprint density at radius 3 is 2.67 bits per heavy atom. The lowest BCUT2D eigenvalue weighted by Crippen LogP contribution is -2.32. The topological polar surface area (TPSA) is 42.0 Å². The van der Waals surface area contributed by atoms with Gasteiger partial charge in [0.2, 0.25) is 0 Å². The Labute approximate surface area is 161 Å². The van der Waals surface area contributed by atoms with Crippen LogP contribution in [0.3, 0.4) is 0 Å². The van der Waals surface area contributed by atoms with E-state index in [0.29, 0.717) is 5.56 Å². The fourth-order valence-electron chi connectivity index (χ4n) is 3.39. The average Bonchev–Trinajstić information content (AvgIpc) is 2.67. The molecule has 2 aromatic carbocycles. The minimum absolute atomic E-state index is 0.0218. The van der Waals surface area contributed by atoms with E-state index in [1.165, 1.54) is 18.4 Å². The van der Waals surface area contributed by atoms with Crippen molar-refractivity contribution < 1.29 is 4.79 Å². The Morgan fingerprint density at radius 2 is 1.89 bits per heavy atom. The van der Waals surface area contributed by atoms with Crippen molar-refractivity contribution in [1.82, 2.24) is 10.3 Å². The number of aromatic nitrogens is 1. The second-order valence-electron chi connectivity index (χ2n) is 7.31. The standard InChI is InChI=1S/C24H28N2O/c1-4-5-6-11-18(3)25-24(27)21-16-23(19-12-9-10-17(2)15-19)26-22-14-8-7-13-20(21)22/h7-10,12-16,18H,4-6,11H2,1-3H3,(H,25,27)/t18-/m0/s1. The third-order valence-electron chi connectivity index (χ3n) is 4.89. The van der Waals surface area contributed by atoms with Crippen molar-refractivity contribution in [2.75, 3.05) is 0 Å². The van der Waals surface area contributed by atoms with Crippen molar-refractivity contribution in [2.24, 2.45) is 0 Å². The number of carbonyl (C=O) groups excluding carboxylic acids is 1. The molecule has 0 saturated carbocycles. The molecule has 0 unspecified atom stereocenters. The predicted molar refractivity (Wildman–Crippen MR) is 113 cm³/mol. The SMILES string of the molecule is CCCCC[C@H](C)NC(=O)c1cc(-c2cccc(C)c2)nc2ccccc12. The molecule has 3 rings (SSSR count). The van der Waals surface area contributed by atoms with Crippen LogP contribution in [0.25, 0.3) is 22.2 Å². The highest BCUT2D eigenvalue weighted by Gasteiger charge is 2.15. The lowest BCUT2D eigenvalue weighted by atomic mass is 10.0. The average molecular weight is 361 g/mol. The summed E-state index contributed by atoms with van der Waals surface area (Å²) < 4.78 is 0. The highest BCUT2D eigenvalue weighted by atomic mass is 16.1. The van der Waals surface area contributed by atoms with Crippen LogP contribution in [0.2, 0.25) is 0 Å². The normalized spacial score (nSPS) is 12.1. The minimum atomic E-state index is -0.0218. The molecule has 0 bridgehead atoms. The summed E-state index contributed by atoms with van der Waals surface area (Å²) >= 11 is 0. The van der Waals surface area contributed by atoms with Gasteiger partial charge in [-0.2, -0.15) is 0 Å². The summed E-state index contributed by atoms with van der Waals surface area (Å²) in [4.78, 5) is 17.8. The van der Waals surface area contributed by atoms with Gasteiger partial charge >= 0.3 is 0 Å². The number of hydrogen-bond donors (Lipinski definition) is 1. The summed E-state index contributed by atoms with van der Waals surface area (Å²) in [5, 5.41) is 4.07. The van der Waals surface area contributed by atoms with Crippen LogP contribution in [0.1, 0.15) is 55.5 Å². The van der Waals surface area contributed by atoms with Crippen molar-refractivity contribution in [2.45, 2.75) is 52.5 Å². The Hall–Kier alpha value is -2.68. The number of fused-ring (bicyclic) bond motifs is 1. The Bertz CT molecular complexity index is 933. The summed E-state index contributed by atoms with van der Waals surface area (Å²) in [5.41, 5.74) is 4.59. The first-order chi connectivity index (χ1) is 13.1. The van der Waals surface area contributed by atoms with E-state index in [1.54, 1.807) is 0 Å². The highest BCUT2D eigenvalue weighted by molar-refractivity contribution is 6.07. The van der Waals surface area contributed by atoms with Crippen LogP contribution in [-0.2, 0) is 0 Å². The molecule has 0 aliphatic carbocycles. The van der Waals surface area contributed by atoms with Crippen molar-refractivity contribution in [3.63, 3.8) is 0 Å². The third-order valence-corrected chi connectivity index (χ3v) is 4.89. The maximum Gasteiger partial charge on any atom is 0.252 e. The second kappa shape index (κ2) is 8.81. The van der Waals surface area contributed by atoms with E-state index in [0.717, 1.165) is 35.0 Å². The van der Waals surface area contributed by atoms with E-state index in [-0.39, 0.29) is 11.9 Å². The summed E-state index contributed by atoms with van der Waals surface area (Å²) in [6.07, 6.45) is 4.54. The van der Waals surface area contributed by atoms with Crippen LogP contribution in [0, 0.1) is 6.92 Å². The number of amides is 1. The number of unbranched alkanes of at least 4 members (excludes halogenated alkanes) is 2. The molecule has 0 saturated heterocycles. The van der Waals surface area contributed by atoms with Crippen LogP contribution in [-0.4, -0.2) is 16.9 Å². The Morgan fingerprint density at radius 1 is 1.07 bits per heavy atom. The number of aryl methyl sites for hydroxylation is 1. The number of para-hydroxylation sites is 1.